The van der Waals surface area contributed by atoms with Gasteiger partial charge in [-0.2, -0.15) is 0 Å². The molecule has 0 aromatic heterocycles. The molecule has 80 valence electrons. The van der Waals surface area contributed by atoms with Gasteiger partial charge >= 0.3 is 5.97 Å². The first kappa shape index (κ1) is 9.98. The Labute approximate surface area is 88.6 Å². The lowest BCUT2D eigenvalue weighted by atomic mass is 10.1. The van der Waals surface area contributed by atoms with Crippen molar-refractivity contribution < 1.29 is 9.53 Å². The lowest BCUT2D eigenvalue weighted by Crippen LogP contribution is -2.17. The summed E-state index contributed by atoms with van der Waals surface area (Å²) in [4.78, 5) is 11.5. The molecule has 0 bridgehead atoms. The number of anilines is 1. The third kappa shape index (κ3) is 1.94. The van der Waals surface area contributed by atoms with Crippen molar-refractivity contribution in [3.63, 3.8) is 0 Å². The molecule has 2 N–H and O–H groups in total. The molecule has 1 aromatic rings. The largest absolute Gasteiger partial charge is 0.465 e. The van der Waals surface area contributed by atoms with Crippen LogP contribution in [0.25, 0.3) is 0 Å². The Hall–Kier alpha value is -1.55. The molecule has 4 heteroatoms. The zero-order chi connectivity index (χ0) is 10.7. The molecule has 4 nitrogen and oxygen atoms in total. The third-order valence-electron chi connectivity index (χ3n) is 2.50. The first-order valence-electron chi connectivity index (χ1n) is 4.97. The Morgan fingerprint density at radius 1 is 1.40 bits per heavy atom. The first-order chi connectivity index (χ1) is 7.33. The summed E-state index contributed by atoms with van der Waals surface area (Å²) < 4.78 is 4.75. The van der Waals surface area contributed by atoms with Crippen LogP contribution in [0.15, 0.2) is 18.2 Å². The maximum atomic E-state index is 11.5. The second kappa shape index (κ2) is 4.31. The number of fused-ring (bicyclic) bond motifs is 1. The molecule has 0 unspecified atom stereocenters. The van der Waals surface area contributed by atoms with E-state index in [0.29, 0.717) is 12.1 Å². The molecule has 0 amide bonds. The molecule has 0 atom stereocenters. The highest BCUT2D eigenvalue weighted by Crippen LogP contribution is 2.21. The number of carbonyl (C=O) groups is 1. The van der Waals surface area contributed by atoms with Crippen LogP contribution in [0.4, 0.5) is 5.69 Å². The van der Waals surface area contributed by atoms with Gasteiger partial charge in [-0.1, -0.05) is 6.07 Å². The van der Waals surface area contributed by atoms with Crippen molar-refractivity contribution in [1.82, 2.24) is 5.32 Å². The van der Waals surface area contributed by atoms with Crippen LogP contribution in [0, 0.1) is 0 Å². The number of benzene rings is 1. The van der Waals surface area contributed by atoms with E-state index in [9.17, 15) is 4.79 Å². The predicted octanol–water partition coefficient (Wildman–Crippen LogP) is 0.988. The second-order valence-electron chi connectivity index (χ2n) is 3.43. The minimum atomic E-state index is -0.280. The van der Waals surface area contributed by atoms with Crippen LogP contribution < -0.4 is 10.6 Å². The summed E-state index contributed by atoms with van der Waals surface area (Å²) in [5.74, 6) is -0.280. The van der Waals surface area contributed by atoms with Crippen molar-refractivity contribution in [2.45, 2.75) is 6.54 Å². The van der Waals surface area contributed by atoms with Gasteiger partial charge in [-0.25, -0.2) is 4.79 Å². The van der Waals surface area contributed by atoms with Gasteiger partial charge in [0, 0.05) is 30.9 Å². The fraction of sp³-hybridized carbons (Fsp3) is 0.364. The molecule has 1 aliphatic heterocycles. The van der Waals surface area contributed by atoms with Gasteiger partial charge in [0.1, 0.15) is 0 Å². The van der Waals surface area contributed by atoms with Gasteiger partial charge in [0.2, 0.25) is 0 Å². The summed E-state index contributed by atoms with van der Waals surface area (Å²) >= 11 is 0. The molecule has 1 aromatic carbocycles. The topological polar surface area (TPSA) is 50.4 Å². The monoisotopic (exact) mass is 206 g/mol. The molecule has 0 radical (unpaired) electrons. The van der Waals surface area contributed by atoms with Crippen LogP contribution in [0.2, 0.25) is 0 Å². The van der Waals surface area contributed by atoms with Gasteiger partial charge in [-0.15, -0.1) is 0 Å². The Kier molecular flexibility index (Phi) is 2.87. The van der Waals surface area contributed by atoms with Crippen molar-refractivity contribution >= 4 is 11.7 Å². The first-order valence-corrected chi connectivity index (χ1v) is 4.97. The molecule has 0 spiro atoms. The number of hydrogen-bond donors (Lipinski definition) is 2. The summed E-state index contributed by atoms with van der Waals surface area (Å²) in [7, 11) is 1.40. The molecule has 1 aliphatic rings. The summed E-state index contributed by atoms with van der Waals surface area (Å²) in [5.41, 5.74) is 2.64. The van der Waals surface area contributed by atoms with E-state index < -0.39 is 0 Å². The summed E-state index contributed by atoms with van der Waals surface area (Å²) in [6, 6.07) is 5.64. The van der Waals surface area contributed by atoms with Gasteiger partial charge in [0.25, 0.3) is 0 Å². The highest BCUT2D eigenvalue weighted by Gasteiger charge is 2.16. The summed E-state index contributed by atoms with van der Waals surface area (Å²) in [5, 5.41) is 6.53. The van der Waals surface area contributed by atoms with Gasteiger partial charge < -0.3 is 15.4 Å². The number of rotatable bonds is 1. The Morgan fingerprint density at radius 2 is 2.27 bits per heavy atom. The maximum absolute atomic E-state index is 11.5. The SMILES string of the molecule is COC(=O)c1cccc2c1CNCCN2. The molecule has 0 fully saturated rings. The van der Waals surface area contributed by atoms with Crippen LogP contribution >= 0.6 is 0 Å². The predicted molar refractivity (Wildman–Crippen MR) is 58.0 cm³/mol. The van der Waals surface area contributed by atoms with Gasteiger partial charge in [0.15, 0.2) is 0 Å². The van der Waals surface area contributed by atoms with Crippen LogP contribution in [0.1, 0.15) is 15.9 Å². The van der Waals surface area contributed by atoms with Crippen LogP contribution in [0.3, 0.4) is 0 Å². The molecule has 0 saturated heterocycles. The van der Waals surface area contributed by atoms with Gasteiger partial charge in [-0.05, 0) is 12.1 Å². The number of nitrogens with one attached hydrogen (secondary N) is 2. The van der Waals surface area contributed by atoms with Crippen molar-refractivity contribution in [2.24, 2.45) is 0 Å². The van der Waals surface area contributed by atoms with E-state index in [1.54, 1.807) is 6.07 Å². The van der Waals surface area contributed by atoms with E-state index in [1.807, 2.05) is 12.1 Å². The van der Waals surface area contributed by atoms with E-state index >= 15 is 0 Å². The molecule has 15 heavy (non-hydrogen) atoms. The Balaban J connectivity index is 2.43. The molecule has 1 heterocycles. The van der Waals surface area contributed by atoms with Crippen molar-refractivity contribution in [2.75, 3.05) is 25.5 Å². The number of ether oxygens (including phenoxy) is 1. The van der Waals surface area contributed by atoms with E-state index in [1.165, 1.54) is 7.11 Å². The number of methoxy groups -OCH3 is 1. The summed E-state index contributed by atoms with van der Waals surface area (Å²) in [6.45, 7) is 2.47. The lowest BCUT2D eigenvalue weighted by molar-refractivity contribution is 0.0599. The average Bonchev–Trinajstić information content (AvgIpc) is 2.52. The lowest BCUT2D eigenvalue weighted by Gasteiger charge is -2.10. The zero-order valence-electron chi connectivity index (χ0n) is 8.67. The highest BCUT2D eigenvalue weighted by molar-refractivity contribution is 5.92. The molecular weight excluding hydrogens is 192 g/mol. The summed E-state index contributed by atoms with van der Waals surface area (Å²) in [6.07, 6.45) is 0. The smallest absolute Gasteiger partial charge is 0.338 e. The fourth-order valence-corrected chi connectivity index (χ4v) is 1.74. The highest BCUT2D eigenvalue weighted by atomic mass is 16.5. The normalized spacial score (nSPS) is 14.7. The van der Waals surface area contributed by atoms with Gasteiger partial charge in [0.05, 0.1) is 12.7 Å². The quantitative estimate of drug-likeness (QED) is 0.673. The number of carbonyl (C=O) groups excluding carboxylic acids is 1. The Bertz CT molecular complexity index is 377. The second-order valence-corrected chi connectivity index (χ2v) is 3.43. The fourth-order valence-electron chi connectivity index (χ4n) is 1.74. The third-order valence-corrected chi connectivity index (χ3v) is 2.50. The zero-order valence-corrected chi connectivity index (χ0v) is 8.67. The van der Waals surface area contributed by atoms with Crippen LogP contribution in [-0.2, 0) is 11.3 Å². The number of esters is 1. The van der Waals surface area contributed by atoms with Crippen molar-refractivity contribution in [1.29, 1.82) is 0 Å². The minimum Gasteiger partial charge on any atom is -0.465 e. The molecule has 0 saturated carbocycles. The average molecular weight is 206 g/mol. The van der Waals surface area contributed by atoms with E-state index in [-0.39, 0.29) is 5.97 Å². The van der Waals surface area contributed by atoms with Gasteiger partial charge in [-0.3, -0.25) is 0 Å². The molecule has 0 aliphatic carbocycles. The van der Waals surface area contributed by atoms with Crippen molar-refractivity contribution in [3.8, 4) is 0 Å². The maximum Gasteiger partial charge on any atom is 0.338 e. The molecule has 2 rings (SSSR count). The number of hydrogen-bond acceptors (Lipinski definition) is 4. The Morgan fingerprint density at radius 3 is 3.07 bits per heavy atom. The van der Waals surface area contributed by atoms with E-state index in [4.69, 9.17) is 4.74 Å². The van der Waals surface area contributed by atoms with E-state index in [0.717, 1.165) is 24.3 Å². The van der Waals surface area contributed by atoms with Crippen LogP contribution in [0.5, 0.6) is 0 Å². The van der Waals surface area contributed by atoms with Crippen molar-refractivity contribution in [3.05, 3.63) is 29.3 Å². The van der Waals surface area contributed by atoms with E-state index in [2.05, 4.69) is 10.6 Å². The molecular formula is C11H14N2O2. The minimum absolute atomic E-state index is 0.280. The van der Waals surface area contributed by atoms with Crippen LogP contribution in [-0.4, -0.2) is 26.2 Å². The standard InChI is InChI=1S/C11H14N2O2/c1-15-11(14)8-3-2-4-10-9(8)7-12-5-6-13-10/h2-4,12-13H,5-7H2,1H3.